The van der Waals surface area contributed by atoms with E-state index in [1.807, 2.05) is 0 Å². The lowest BCUT2D eigenvalue weighted by molar-refractivity contribution is 0.197. The molecule has 0 spiro atoms. The van der Waals surface area contributed by atoms with Gasteiger partial charge in [0.15, 0.2) is 0 Å². The molecule has 1 atom stereocenters. The first kappa shape index (κ1) is 11.7. The van der Waals surface area contributed by atoms with Crippen LogP contribution in [0.4, 0.5) is 0 Å². The Kier molecular flexibility index (Phi) is 3.31. The van der Waals surface area contributed by atoms with Crippen LogP contribution < -0.4 is 0 Å². The molecule has 0 bridgehead atoms. The summed E-state index contributed by atoms with van der Waals surface area (Å²) in [5, 5.41) is 12.9. The summed E-state index contributed by atoms with van der Waals surface area (Å²) in [6.07, 6.45) is 3.75. The molecule has 92 valence electrons. The molecule has 1 saturated heterocycles. The van der Waals surface area contributed by atoms with Gasteiger partial charge in [-0.15, -0.1) is 11.3 Å². The number of nitriles is 1. The third kappa shape index (κ3) is 2.03. The van der Waals surface area contributed by atoms with E-state index in [1.165, 1.54) is 34.9 Å². The van der Waals surface area contributed by atoms with Crippen LogP contribution in [-0.2, 0) is 0 Å². The van der Waals surface area contributed by atoms with Gasteiger partial charge in [0, 0.05) is 10.3 Å². The highest BCUT2D eigenvalue weighted by molar-refractivity contribution is 7.17. The second kappa shape index (κ2) is 5.09. The molecule has 0 saturated carbocycles. The summed E-state index contributed by atoms with van der Waals surface area (Å²) in [4.78, 5) is 2.33. The van der Waals surface area contributed by atoms with Crippen LogP contribution in [0.3, 0.4) is 0 Å². The van der Waals surface area contributed by atoms with Crippen LogP contribution in [-0.4, -0.2) is 18.0 Å². The molecule has 18 heavy (non-hydrogen) atoms. The van der Waals surface area contributed by atoms with Crippen LogP contribution in [0.5, 0.6) is 0 Å². The normalized spacial score (nSPS) is 18.6. The maximum absolute atomic E-state index is 9.52. The second-order valence-corrected chi connectivity index (χ2v) is 5.73. The van der Waals surface area contributed by atoms with Crippen LogP contribution in [0, 0.1) is 11.3 Å². The number of rotatable bonds is 2. The molecule has 2 nitrogen and oxygen atoms in total. The van der Waals surface area contributed by atoms with E-state index in [2.05, 4.69) is 40.6 Å². The maximum Gasteiger partial charge on any atom is 0.125 e. The third-order valence-corrected chi connectivity index (χ3v) is 4.67. The van der Waals surface area contributed by atoms with E-state index in [0.717, 1.165) is 13.1 Å². The minimum atomic E-state index is -0.0681. The predicted molar refractivity (Wildman–Crippen MR) is 75.6 cm³/mol. The van der Waals surface area contributed by atoms with Crippen molar-refractivity contribution < 1.29 is 0 Å². The van der Waals surface area contributed by atoms with Crippen molar-refractivity contribution in [3.8, 4) is 6.07 Å². The van der Waals surface area contributed by atoms with E-state index in [4.69, 9.17) is 0 Å². The third-order valence-electron chi connectivity index (χ3n) is 3.68. The van der Waals surface area contributed by atoms with Crippen LogP contribution in [0.2, 0.25) is 0 Å². The van der Waals surface area contributed by atoms with E-state index >= 15 is 0 Å². The van der Waals surface area contributed by atoms with E-state index < -0.39 is 0 Å². The predicted octanol–water partition coefficient (Wildman–Crippen LogP) is 3.95. The molecule has 0 amide bonds. The van der Waals surface area contributed by atoms with Gasteiger partial charge in [-0.05, 0) is 42.8 Å². The highest BCUT2D eigenvalue weighted by Gasteiger charge is 2.24. The van der Waals surface area contributed by atoms with Crippen molar-refractivity contribution >= 4 is 21.4 Å². The van der Waals surface area contributed by atoms with Gasteiger partial charge in [-0.3, -0.25) is 4.90 Å². The van der Waals surface area contributed by atoms with E-state index in [1.54, 1.807) is 11.3 Å². The number of thiophene rings is 1. The molecule has 0 N–H and O–H groups in total. The number of nitrogens with zero attached hydrogens (tertiary/aromatic N) is 2. The van der Waals surface area contributed by atoms with Gasteiger partial charge in [0.2, 0.25) is 0 Å². The first-order valence-electron chi connectivity index (χ1n) is 6.50. The molecule has 1 unspecified atom stereocenters. The Balaban J connectivity index is 1.98. The summed E-state index contributed by atoms with van der Waals surface area (Å²) < 4.78 is 1.28. The van der Waals surface area contributed by atoms with Gasteiger partial charge >= 0.3 is 0 Å². The molecule has 3 rings (SSSR count). The first-order valence-corrected chi connectivity index (χ1v) is 7.38. The molecule has 1 fully saturated rings. The Morgan fingerprint density at radius 2 is 1.94 bits per heavy atom. The van der Waals surface area contributed by atoms with E-state index in [-0.39, 0.29) is 6.04 Å². The summed E-state index contributed by atoms with van der Waals surface area (Å²) in [5.41, 5.74) is 1.19. The SMILES string of the molecule is N#CC(c1csc2ccccc12)N1CCCCC1. The van der Waals surface area contributed by atoms with Crippen LogP contribution in [0.25, 0.3) is 10.1 Å². The fraction of sp³-hybridized carbons (Fsp3) is 0.400. The topological polar surface area (TPSA) is 27.0 Å². The van der Waals surface area contributed by atoms with Gasteiger partial charge in [-0.1, -0.05) is 24.6 Å². The summed E-state index contributed by atoms with van der Waals surface area (Å²) >= 11 is 1.74. The fourth-order valence-electron chi connectivity index (χ4n) is 2.73. The Bertz CT molecular complexity index is 575. The minimum absolute atomic E-state index is 0.0681. The van der Waals surface area contributed by atoms with Crippen molar-refractivity contribution in [3.63, 3.8) is 0 Å². The molecule has 3 heteroatoms. The zero-order chi connectivity index (χ0) is 12.4. The van der Waals surface area contributed by atoms with Crippen molar-refractivity contribution in [2.45, 2.75) is 25.3 Å². The molecular weight excluding hydrogens is 240 g/mol. The standard InChI is InChI=1S/C15H16N2S/c16-10-14(17-8-4-1-5-9-17)13-11-18-15-7-3-2-6-12(13)15/h2-3,6-7,11,14H,1,4-5,8-9H2. The van der Waals surface area contributed by atoms with Gasteiger partial charge in [0.1, 0.15) is 6.04 Å². The van der Waals surface area contributed by atoms with Gasteiger partial charge < -0.3 is 0 Å². The van der Waals surface area contributed by atoms with Gasteiger partial charge in [0.25, 0.3) is 0 Å². The average molecular weight is 256 g/mol. The summed E-state index contributed by atoms with van der Waals surface area (Å²) in [6, 6.07) is 10.8. The Morgan fingerprint density at radius 1 is 1.17 bits per heavy atom. The largest absolute Gasteiger partial charge is 0.284 e. The second-order valence-electron chi connectivity index (χ2n) is 4.82. The zero-order valence-electron chi connectivity index (χ0n) is 10.3. The molecule has 0 radical (unpaired) electrons. The number of hydrogen-bond donors (Lipinski definition) is 0. The number of likely N-dealkylation sites (tertiary alicyclic amines) is 1. The van der Waals surface area contributed by atoms with Crippen molar-refractivity contribution in [2.75, 3.05) is 13.1 Å². The van der Waals surface area contributed by atoms with E-state index in [0.29, 0.717) is 0 Å². The summed E-state index contributed by atoms with van der Waals surface area (Å²) in [5.74, 6) is 0. The van der Waals surface area contributed by atoms with Crippen LogP contribution >= 0.6 is 11.3 Å². The quantitative estimate of drug-likeness (QED) is 0.813. The summed E-state index contributed by atoms with van der Waals surface area (Å²) in [7, 11) is 0. The fourth-order valence-corrected chi connectivity index (χ4v) is 3.71. The molecule has 1 aromatic heterocycles. The average Bonchev–Trinajstić information content (AvgIpc) is 2.85. The molecule has 2 aromatic rings. The van der Waals surface area contributed by atoms with E-state index in [9.17, 15) is 5.26 Å². The number of fused-ring (bicyclic) bond motifs is 1. The van der Waals surface area contributed by atoms with Crippen molar-refractivity contribution in [1.82, 2.24) is 4.90 Å². The monoisotopic (exact) mass is 256 g/mol. The molecule has 1 aliphatic rings. The zero-order valence-corrected chi connectivity index (χ0v) is 11.1. The van der Waals surface area contributed by atoms with Crippen molar-refractivity contribution in [1.29, 1.82) is 5.26 Å². The lowest BCUT2D eigenvalue weighted by Gasteiger charge is -2.30. The Labute approximate surface area is 111 Å². The lowest BCUT2D eigenvalue weighted by Crippen LogP contribution is -2.32. The smallest absolute Gasteiger partial charge is 0.125 e. The van der Waals surface area contributed by atoms with Crippen molar-refractivity contribution in [2.24, 2.45) is 0 Å². The van der Waals surface area contributed by atoms with Gasteiger partial charge in [-0.2, -0.15) is 5.26 Å². The van der Waals surface area contributed by atoms with Gasteiger partial charge in [-0.25, -0.2) is 0 Å². The minimum Gasteiger partial charge on any atom is -0.284 e. The lowest BCUT2D eigenvalue weighted by atomic mass is 10.0. The molecule has 0 aliphatic carbocycles. The number of hydrogen-bond acceptors (Lipinski definition) is 3. The van der Waals surface area contributed by atoms with Crippen LogP contribution in [0.1, 0.15) is 30.9 Å². The molecule has 2 heterocycles. The summed E-state index contributed by atoms with van der Waals surface area (Å²) in [6.45, 7) is 2.12. The highest BCUT2D eigenvalue weighted by atomic mass is 32.1. The number of benzene rings is 1. The number of piperidine rings is 1. The Hall–Kier alpha value is -1.37. The maximum atomic E-state index is 9.52. The molecule has 1 aliphatic heterocycles. The van der Waals surface area contributed by atoms with Crippen LogP contribution in [0.15, 0.2) is 29.6 Å². The first-order chi connectivity index (χ1) is 8.90. The molecular formula is C15H16N2S. The van der Waals surface area contributed by atoms with Crippen molar-refractivity contribution in [3.05, 3.63) is 35.2 Å². The highest BCUT2D eigenvalue weighted by Crippen LogP contribution is 2.33. The molecule has 1 aromatic carbocycles. The van der Waals surface area contributed by atoms with Gasteiger partial charge in [0.05, 0.1) is 6.07 Å². The Morgan fingerprint density at radius 3 is 2.72 bits per heavy atom.